The first-order valence-corrected chi connectivity index (χ1v) is 6.84. The summed E-state index contributed by atoms with van der Waals surface area (Å²) in [5.41, 5.74) is 2.59. The van der Waals surface area contributed by atoms with Crippen molar-refractivity contribution in [1.82, 2.24) is 9.97 Å². The van der Waals surface area contributed by atoms with Crippen LogP contribution in [0, 0.1) is 12.3 Å². The number of hydrogen-bond donors (Lipinski definition) is 1. The van der Waals surface area contributed by atoms with E-state index in [2.05, 4.69) is 48.4 Å². The molecule has 0 fully saturated rings. The lowest BCUT2D eigenvalue weighted by molar-refractivity contribution is 0.376. The van der Waals surface area contributed by atoms with Crippen LogP contribution in [0.5, 0.6) is 0 Å². The minimum absolute atomic E-state index is 0.295. The Labute approximate surface area is 106 Å². The molecule has 2 aromatic rings. The van der Waals surface area contributed by atoms with Gasteiger partial charge in [0, 0.05) is 6.54 Å². The molecule has 0 bridgehead atoms. The number of aryl methyl sites for hydroxylation is 1. The number of nitrogens with zero attached hydrogens (tertiary/aromatic N) is 2. The molecule has 92 valence electrons. The zero-order valence-corrected chi connectivity index (χ0v) is 11.7. The van der Waals surface area contributed by atoms with E-state index in [4.69, 9.17) is 0 Å². The second-order valence-electron chi connectivity index (χ2n) is 5.19. The summed E-state index contributed by atoms with van der Waals surface area (Å²) in [6.45, 7) is 9.76. The fourth-order valence-electron chi connectivity index (χ4n) is 1.54. The molecule has 0 aliphatic heterocycles. The van der Waals surface area contributed by atoms with Gasteiger partial charge in [-0.15, -0.1) is 11.3 Å². The van der Waals surface area contributed by atoms with E-state index in [0.717, 1.165) is 29.0 Å². The van der Waals surface area contributed by atoms with Crippen LogP contribution in [0.2, 0.25) is 0 Å². The number of thiophene rings is 1. The smallest absolute Gasteiger partial charge is 0.147 e. The van der Waals surface area contributed by atoms with Crippen molar-refractivity contribution in [3.05, 3.63) is 17.3 Å². The molecule has 0 atom stereocenters. The fraction of sp³-hybridized carbons (Fsp3) is 0.538. The number of fused-ring (bicyclic) bond motifs is 1. The number of rotatable bonds is 4. The van der Waals surface area contributed by atoms with Gasteiger partial charge < -0.3 is 5.32 Å². The quantitative estimate of drug-likeness (QED) is 0.894. The Hall–Kier alpha value is -1.16. The van der Waals surface area contributed by atoms with Crippen molar-refractivity contribution >= 4 is 27.4 Å². The van der Waals surface area contributed by atoms with Gasteiger partial charge in [0.15, 0.2) is 0 Å². The van der Waals surface area contributed by atoms with E-state index >= 15 is 0 Å². The summed E-state index contributed by atoms with van der Waals surface area (Å²) < 4.78 is 1.16. The van der Waals surface area contributed by atoms with Gasteiger partial charge in [-0.25, -0.2) is 9.97 Å². The topological polar surface area (TPSA) is 37.8 Å². The zero-order chi connectivity index (χ0) is 12.5. The summed E-state index contributed by atoms with van der Waals surface area (Å²) in [4.78, 5) is 8.67. The van der Waals surface area contributed by atoms with Crippen LogP contribution in [0.25, 0.3) is 10.2 Å². The van der Waals surface area contributed by atoms with Crippen LogP contribution < -0.4 is 5.32 Å². The Morgan fingerprint density at radius 1 is 1.35 bits per heavy atom. The summed E-state index contributed by atoms with van der Waals surface area (Å²) in [7, 11) is 0. The maximum atomic E-state index is 4.35. The molecule has 0 aliphatic carbocycles. The van der Waals surface area contributed by atoms with Crippen LogP contribution in [0.1, 0.15) is 32.8 Å². The standard InChI is InChI=1S/C13H19N3S/c1-5-13(3,4)7-14-12-11-10(15-8-16-12)9(2)6-17-11/h6,8H,5,7H2,1-4H3,(H,14,15,16). The lowest BCUT2D eigenvalue weighted by Gasteiger charge is -2.23. The molecule has 3 nitrogen and oxygen atoms in total. The van der Waals surface area contributed by atoms with Gasteiger partial charge in [0.1, 0.15) is 12.1 Å². The molecule has 2 aromatic heterocycles. The summed E-state index contributed by atoms with van der Waals surface area (Å²) in [6.07, 6.45) is 2.79. The number of anilines is 1. The van der Waals surface area contributed by atoms with E-state index in [9.17, 15) is 0 Å². The fourth-order valence-corrected chi connectivity index (χ4v) is 2.51. The monoisotopic (exact) mass is 249 g/mol. The highest BCUT2D eigenvalue weighted by Gasteiger charge is 2.16. The highest BCUT2D eigenvalue weighted by atomic mass is 32.1. The maximum absolute atomic E-state index is 4.35. The molecule has 0 aliphatic rings. The van der Waals surface area contributed by atoms with Crippen molar-refractivity contribution in [1.29, 1.82) is 0 Å². The maximum Gasteiger partial charge on any atom is 0.147 e. The molecule has 4 heteroatoms. The van der Waals surface area contributed by atoms with Gasteiger partial charge in [0.05, 0.1) is 10.2 Å². The molecule has 0 amide bonds. The number of hydrogen-bond acceptors (Lipinski definition) is 4. The second kappa shape index (κ2) is 4.61. The van der Waals surface area contributed by atoms with Crippen molar-refractivity contribution in [3.63, 3.8) is 0 Å². The van der Waals surface area contributed by atoms with Crippen molar-refractivity contribution in [3.8, 4) is 0 Å². The molecule has 0 unspecified atom stereocenters. The molecule has 0 saturated carbocycles. The van der Waals surface area contributed by atoms with Crippen molar-refractivity contribution < 1.29 is 0 Å². The summed E-state index contributed by atoms with van der Waals surface area (Å²) in [5, 5.41) is 5.59. The Bertz CT molecular complexity index is 516. The van der Waals surface area contributed by atoms with Gasteiger partial charge in [0.25, 0.3) is 0 Å². The van der Waals surface area contributed by atoms with E-state index in [-0.39, 0.29) is 0 Å². The van der Waals surface area contributed by atoms with Crippen LogP contribution >= 0.6 is 11.3 Å². The third-order valence-corrected chi connectivity index (χ3v) is 4.32. The van der Waals surface area contributed by atoms with Crippen molar-refractivity contribution in [2.24, 2.45) is 5.41 Å². The van der Waals surface area contributed by atoms with Gasteiger partial charge in [-0.05, 0) is 29.7 Å². The number of aromatic nitrogens is 2. The van der Waals surface area contributed by atoms with Crippen molar-refractivity contribution in [2.75, 3.05) is 11.9 Å². The SMILES string of the molecule is CCC(C)(C)CNc1ncnc2c(C)csc12. The van der Waals surface area contributed by atoms with Gasteiger partial charge in [-0.3, -0.25) is 0 Å². The minimum Gasteiger partial charge on any atom is -0.368 e. The zero-order valence-electron chi connectivity index (χ0n) is 10.9. The van der Waals surface area contributed by atoms with Crippen LogP contribution in [0.4, 0.5) is 5.82 Å². The summed E-state index contributed by atoms with van der Waals surface area (Å²) in [5.74, 6) is 0.967. The molecule has 2 rings (SSSR count). The normalized spacial score (nSPS) is 12.0. The third kappa shape index (κ3) is 2.57. The molecular formula is C13H19N3S. The lowest BCUT2D eigenvalue weighted by atomic mass is 9.90. The van der Waals surface area contributed by atoms with Crippen molar-refractivity contribution in [2.45, 2.75) is 34.1 Å². The largest absolute Gasteiger partial charge is 0.368 e. The van der Waals surface area contributed by atoms with Gasteiger partial charge in [0.2, 0.25) is 0 Å². The Balaban J connectivity index is 2.25. The highest BCUT2D eigenvalue weighted by Crippen LogP contribution is 2.29. The first kappa shape index (κ1) is 12.3. The predicted molar refractivity (Wildman–Crippen MR) is 74.7 cm³/mol. The first-order chi connectivity index (χ1) is 8.03. The summed E-state index contributed by atoms with van der Waals surface area (Å²) >= 11 is 1.71. The van der Waals surface area contributed by atoms with Gasteiger partial charge >= 0.3 is 0 Å². The number of nitrogens with one attached hydrogen (secondary N) is 1. The predicted octanol–water partition coefficient (Wildman–Crippen LogP) is 3.85. The van der Waals surface area contributed by atoms with Crippen LogP contribution in [-0.2, 0) is 0 Å². The lowest BCUT2D eigenvalue weighted by Crippen LogP contribution is -2.22. The van der Waals surface area contributed by atoms with E-state index < -0.39 is 0 Å². The van der Waals surface area contributed by atoms with E-state index in [1.807, 2.05) is 0 Å². The Kier molecular flexibility index (Phi) is 3.33. The minimum atomic E-state index is 0.295. The Morgan fingerprint density at radius 2 is 2.12 bits per heavy atom. The summed E-state index contributed by atoms with van der Waals surface area (Å²) in [6, 6.07) is 0. The average Bonchev–Trinajstić information content (AvgIpc) is 2.70. The molecule has 2 heterocycles. The van der Waals surface area contributed by atoms with E-state index in [1.165, 1.54) is 5.56 Å². The van der Waals surface area contributed by atoms with Gasteiger partial charge in [-0.2, -0.15) is 0 Å². The average molecular weight is 249 g/mol. The molecule has 17 heavy (non-hydrogen) atoms. The van der Waals surface area contributed by atoms with Crippen LogP contribution in [0.3, 0.4) is 0 Å². The highest BCUT2D eigenvalue weighted by molar-refractivity contribution is 7.18. The third-order valence-electron chi connectivity index (χ3n) is 3.22. The first-order valence-electron chi connectivity index (χ1n) is 5.96. The van der Waals surface area contributed by atoms with E-state index in [0.29, 0.717) is 5.41 Å². The van der Waals surface area contributed by atoms with Crippen LogP contribution in [-0.4, -0.2) is 16.5 Å². The second-order valence-corrected chi connectivity index (χ2v) is 6.07. The molecular weight excluding hydrogens is 230 g/mol. The molecule has 1 N–H and O–H groups in total. The Morgan fingerprint density at radius 3 is 2.82 bits per heavy atom. The molecule has 0 spiro atoms. The van der Waals surface area contributed by atoms with E-state index in [1.54, 1.807) is 17.7 Å². The molecule has 0 radical (unpaired) electrons. The molecule has 0 aromatic carbocycles. The van der Waals surface area contributed by atoms with Gasteiger partial charge in [-0.1, -0.05) is 20.8 Å². The molecule has 0 saturated heterocycles. The van der Waals surface area contributed by atoms with Crippen LogP contribution in [0.15, 0.2) is 11.7 Å².